The molecule has 0 saturated carbocycles. The van der Waals surface area contributed by atoms with Gasteiger partial charge in [0.05, 0.1) is 11.6 Å². The van der Waals surface area contributed by atoms with Crippen molar-refractivity contribution >= 4 is 34.1 Å². The van der Waals surface area contributed by atoms with Gasteiger partial charge in [0, 0.05) is 36.0 Å². The number of aromatic nitrogens is 3. The van der Waals surface area contributed by atoms with E-state index in [9.17, 15) is 4.79 Å². The molecule has 2 heterocycles. The van der Waals surface area contributed by atoms with E-state index in [2.05, 4.69) is 10.4 Å². The highest BCUT2D eigenvalue weighted by molar-refractivity contribution is 6.39. The van der Waals surface area contributed by atoms with Gasteiger partial charge in [-0.05, 0) is 23.8 Å². The van der Waals surface area contributed by atoms with E-state index in [1.54, 1.807) is 6.20 Å². The number of fused-ring (bicyclic) bond motifs is 1. The molecule has 0 bridgehead atoms. The molecular formula is C20H17ClN4O. The normalized spacial score (nSPS) is 11.0. The SMILES string of the molecule is Cn1c(C(=O)Nc2ccccc2Cn2cccn2)c(Cl)c2ccccc21. The van der Waals surface area contributed by atoms with Crippen LogP contribution in [-0.4, -0.2) is 20.3 Å². The van der Waals surface area contributed by atoms with Gasteiger partial charge in [0.25, 0.3) is 5.91 Å². The Bertz CT molecular complexity index is 1040. The van der Waals surface area contributed by atoms with Gasteiger partial charge in [-0.25, -0.2) is 0 Å². The fraction of sp³-hybridized carbons (Fsp3) is 0.100. The number of amides is 1. The maximum absolute atomic E-state index is 12.9. The number of hydrogen-bond acceptors (Lipinski definition) is 2. The van der Waals surface area contributed by atoms with E-state index in [4.69, 9.17) is 11.6 Å². The van der Waals surface area contributed by atoms with Gasteiger partial charge >= 0.3 is 0 Å². The van der Waals surface area contributed by atoms with Crippen LogP contribution < -0.4 is 5.32 Å². The van der Waals surface area contributed by atoms with Crippen molar-refractivity contribution in [3.05, 3.63) is 83.3 Å². The van der Waals surface area contributed by atoms with E-state index < -0.39 is 0 Å². The summed E-state index contributed by atoms with van der Waals surface area (Å²) < 4.78 is 3.64. The summed E-state index contributed by atoms with van der Waals surface area (Å²) >= 11 is 6.48. The van der Waals surface area contributed by atoms with Gasteiger partial charge in [-0.15, -0.1) is 0 Å². The van der Waals surface area contributed by atoms with Crippen molar-refractivity contribution in [2.45, 2.75) is 6.54 Å². The number of anilines is 1. The number of carbonyl (C=O) groups excluding carboxylic acids is 1. The lowest BCUT2D eigenvalue weighted by Crippen LogP contribution is -2.17. The second-order valence-corrected chi connectivity index (χ2v) is 6.43. The molecule has 0 saturated heterocycles. The van der Waals surface area contributed by atoms with Crippen LogP contribution in [0.15, 0.2) is 67.0 Å². The molecular weight excluding hydrogens is 348 g/mol. The van der Waals surface area contributed by atoms with Crippen LogP contribution >= 0.6 is 11.6 Å². The van der Waals surface area contributed by atoms with Crippen molar-refractivity contribution < 1.29 is 4.79 Å². The van der Waals surface area contributed by atoms with Crippen LogP contribution in [0.25, 0.3) is 10.9 Å². The van der Waals surface area contributed by atoms with Crippen LogP contribution in [0.2, 0.25) is 5.02 Å². The monoisotopic (exact) mass is 364 g/mol. The fourth-order valence-electron chi connectivity index (χ4n) is 3.13. The summed E-state index contributed by atoms with van der Waals surface area (Å²) in [6.45, 7) is 0.576. The lowest BCUT2D eigenvalue weighted by Gasteiger charge is -2.12. The van der Waals surface area contributed by atoms with Gasteiger partial charge in [0.15, 0.2) is 0 Å². The quantitative estimate of drug-likeness (QED) is 0.586. The molecule has 0 radical (unpaired) electrons. The Balaban J connectivity index is 1.68. The Labute approximate surface area is 155 Å². The summed E-state index contributed by atoms with van der Waals surface area (Å²) in [6.07, 6.45) is 3.62. The zero-order chi connectivity index (χ0) is 18.1. The Morgan fingerprint density at radius 1 is 1.12 bits per heavy atom. The first-order valence-electron chi connectivity index (χ1n) is 8.25. The molecule has 26 heavy (non-hydrogen) atoms. The molecule has 0 fully saturated rings. The molecule has 4 rings (SSSR count). The molecule has 0 aliphatic carbocycles. The molecule has 0 aliphatic rings. The first-order chi connectivity index (χ1) is 12.6. The zero-order valence-corrected chi connectivity index (χ0v) is 14.9. The van der Waals surface area contributed by atoms with Crippen LogP contribution in [0.1, 0.15) is 16.1 Å². The molecule has 5 nitrogen and oxygen atoms in total. The third-order valence-corrected chi connectivity index (χ3v) is 4.80. The van der Waals surface area contributed by atoms with Crippen LogP contribution in [0.4, 0.5) is 5.69 Å². The topological polar surface area (TPSA) is 51.9 Å². The minimum atomic E-state index is -0.235. The Kier molecular flexibility index (Phi) is 4.22. The highest BCUT2D eigenvalue weighted by Crippen LogP contribution is 2.30. The van der Waals surface area contributed by atoms with Gasteiger partial charge in [-0.3, -0.25) is 9.48 Å². The van der Waals surface area contributed by atoms with E-state index in [-0.39, 0.29) is 5.91 Å². The molecule has 4 aromatic rings. The van der Waals surface area contributed by atoms with Gasteiger partial charge in [-0.1, -0.05) is 48.0 Å². The van der Waals surface area contributed by atoms with E-state index in [0.717, 1.165) is 22.2 Å². The van der Waals surface area contributed by atoms with Crippen molar-refractivity contribution in [2.24, 2.45) is 7.05 Å². The van der Waals surface area contributed by atoms with E-state index >= 15 is 0 Å². The molecule has 2 aromatic carbocycles. The van der Waals surface area contributed by atoms with Gasteiger partial charge in [-0.2, -0.15) is 5.10 Å². The van der Waals surface area contributed by atoms with E-state index in [1.165, 1.54) is 0 Å². The van der Waals surface area contributed by atoms with Crippen molar-refractivity contribution in [3.8, 4) is 0 Å². The maximum Gasteiger partial charge on any atom is 0.273 e. The number of aryl methyl sites for hydroxylation is 1. The standard InChI is InChI=1S/C20H17ClN4O/c1-24-17-10-5-3-8-15(17)18(21)19(24)20(26)23-16-9-4-2-7-14(16)13-25-12-6-11-22-25/h2-12H,13H2,1H3,(H,23,26). The van der Waals surface area contributed by atoms with Crippen molar-refractivity contribution in [2.75, 3.05) is 5.32 Å². The fourth-order valence-corrected chi connectivity index (χ4v) is 3.50. The number of carbonyl (C=O) groups is 1. The third-order valence-electron chi connectivity index (χ3n) is 4.42. The highest BCUT2D eigenvalue weighted by atomic mass is 35.5. The summed E-state index contributed by atoms with van der Waals surface area (Å²) in [5.74, 6) is -0.235. The molecule has 1 amide bonds. The molecule has 130 valence electrons. The Morgan fingerprint density at radius 2 is 1.88 bits per heavy atom. The van der Waals surface area contributed by atoms with Crippen molar-refractivity contribution in [1.29, 1.82) is 0 Å². The predicted molar refractivity (Wildman–Crippen MR) is 104 cm³/mol. The number of para-hydroxylation sites is 2. The second kappa shape index (κ2) is 6.69. The molecule has 2 aromatic heterocycles. The summed E-state index contributed by atoms with van der Waals surface area (Å²) in [5.41, 5.74) is 3.09. The lowest BCUT2D eigenvalue weighted by molar-refractivity contribution is 0.102. The summed E-state index contributed by atoms with van der Waals surface area (Å²) in [4.78, 5) is 12.9. The number of nitrogens with zero attached hydrogens (tertiary/aromatic N) is 3. The molecule has 0 aliphatic heterocycles. The average Bonchev–Trinajstić information content (AvgIpc) is 3.24. The van der Waals surface area contributed by atoms with Crippen LogP contribution in [0.3, 0.4) is 0 Å². The Hall–Kier alpha value is -3.05. The van der Waals surface area contributed by atoms with Gasteiger partial charge in [0.2, 0.25) is 0 Å². The average molecular weight is 365 g/mol. The van der Waals surface area contributed by atoms with Gasteiger partial charge < -0.3 is 9.88 Å². The predicted octanol–water partition coefficient (Wildman–Crippen LogP) is 4.33. The first kappa shape index (κ1) is 16.4. The lowest BCUT2D eigenvalue weighted by atomic mass is 10.1. The van der Waals surface area contributed by atoms with E-state index in [1.807, 2.05) is 77.1 Å². The molecule has 1 N–H and O–H groups in total. The van der Waals surface area contributed by atoms with Crippen LogP contribution in [0, 0.1) is 0 Å². The minimum Gasteiger partial charge on any atom is -0.338 e. The number of halogens is 1. The number of hydrogen-bond donors (Lipinski definition) is 1. The third kappa shape index (κ3) is 2.86. The van der Waals surface area contributed by atoms with E-state index in [0.29, 0.717) is 17.3 Å². The van der Waals surface area contributed by atoms with Crippen LogP contribution in [0.5, 0.6) is 0 Å². The van der Waals surface area contributed by atoms with Crippen LogP contribution in [-0.2, 0) is 13.6 Å². The summed E-state index contributed by atoms with van der Waals surface area (Å²) in [7, 11) is 1.85. The zero-order valence-electron chi connectivity index (χ0n) is 14.2. The molecule has 0 atom stereocenters. The van der Waals surface area contributed by atoms with Crippen molar-refractivity contribution in [1.82, 2.24) is 14.3 Å². The molecule has 0 unspecified atom stereocenters. The first-order valence-corrected chi connectivity index (χ1v) is 8.62. The number of rotatable bonds is 4. The number of nitrogens with one attached hydrogen (secondary N) is 1. The Morgan fingerprint density at radius 3 is 2.65 bits per heavy atom. The van der Waals surface area contributed by atoms with Gasteiger partial charge in [0.1, 0.15) is 5.69 Å². The minimum absolute atomic E-state index is 0.235. The summed E-state index contributed by atoms with van der Waals surface area (Å²) in [5, 5.41) is 8.55. The maximum atomic E-state index is 12.9. The van der Waals surface area contributed by atoms with Crippen molar-refractivity contribution in [3.63, 3.8) is 0 Å². The summed E-state index contributed by atoms with van der Waals surface area (Å²) in [6, 6.07) is 17.3. The molecule has 6 heteroatoms. The highest BCUT2D eigenvalue weighted by Gasteiger charge is 2.20. The number of benzene rings is 2. The largest absolute Gasteiger partial charge is 0.338 e. The molecule has 0 spiro atoms. The second-order valence-electron chi connectivity index (χ2n) is 6.05. The smallest absolute Gasteiger partial charge is 0.273 e.